The summed E-state index contributed by atoms with van der Waals surface area (Å²) in [5, 5.41) is 13.5. The lowest BCUT2D eigenvalue weighted by atomic mass is 10.00. The largest absolute Gasteiger partial charge is 0.593 e. The first kappa shape index (κ1) is 19.2. The van der Waals surface area contributed by atoms with Crippen molar-refractivity contribution in [1.29, 1.82) is 0 Å². The number of hydrogen-bond acceptors (Lipinski definition) is 4. The highest BCUT2D eigenvalue weighted by Gasteiger charge is 2.23. The molecule has 0 saturated carbocycles. The highest BCUT2D eigenvalue weighted by molar-refractivity contribution is 7.89. The van der Waals surface area contributed by atoms with Crippen molar-refractivity contribution < 1.29 is 14.5 Å². The van der Waals surface area contributed by atoms with Crippen molar-refractivity contribution in [2.75, 3.05) is 0 Å². The maximum absolute atomic E-state index is 12.7. The van der Waals surface area contributed by atoms with E-state index in [-0.39, 0.29) is 6.42 Å². The van der Waals surface area contributed by atoms with Gasteiger partial charge in [0.15, 0.2) is 4.90 Å². The van der Waals surface area contributed by atoms with Crippen molar-refractivity contribution in [3.05, 3.63) is 72.1 Å². The minimum Gasteiger partial charge on any atom is -0.593 e. The Labute approximate surface area is 161 Å². The molecule has 0 spiro atoms. The third-order valence-corrected chi connectivity index (χ3v) is 5.39. The minimum atomic E-state index is -1.52. The first-order valence-electron chi connectivity index (χ1n) is 8.48. The summed E-state index contributed by atoms with van der Waals surface area (Å²) in [6.45, 7) is 1.96. The molecule has 7 heteroatoms. The molecule has 0 fully saturated rings. The molecule has 0 radical (unpaired) electrons. The molecule has 27 heavy (non-hydrogen) atoms. The SMILES string of the molecule is Cc1ccc([S@@+]([O-])N[C@@H](CC(=O)O)c2cccc(-c3cnn(C)c3)c2)cc1. The topological polar surface area (TPSA) is 90.2 Å². The van der Waals surface area contributed by atoms with E-state index in [4.69, 9.17) is 0 Å². The molecule has 2 N–H and O–H groups in total. The van der Waals surface area contributed by atoms with Crippen molar-refractivity contribution in [2.24, 2.45) is 7.05 Å². The Morgan fingerprint density at radius 2 is 2.00 bits per heavy atom. The van der Waals surface area contributed by atoms with Crippen LogP contribution in [0, 0.1) is 6.92 Å². The molecule has 0 aliphatic rings. The number of carbonyl (C=O) groups is 1. The van der Waals surface area contributed by atoms with E-state index < -0.39 is 23.4 Å². The van der Waals surface area contributed by atoms with E-state index in [1.807, 2.05) is 56.6 Å². The first-order chi connectivity index (χ1) is 12.9. The van der Waals surface area contributed by atoms with E-state index in [1.165, 1.54) is 0 Å². The van der Waals surface area contributed by atoms with Gasteiger partial charge in [0.1, 0.15) is 0 Å². The van der Waals surface area contributed by atoms with Crippen molar-refractivity contribution in [1.82, 2.24) is 14.5 Å². The summed E-state index contributed by atoms with van der Waals surface area (Å²) in [4.78, 5) is 12.0. The minimum absolute atomic E-state index is 0.173. The number of benzene rings is 2. The van der Waals surface area contributed by atoms with Crippen molar-refractivity contribution >= 4 is 17.3 Å². The number of rotatable bonds is 7. The molecule has 6 nitrogen and oxygen atoms in total. The van der Waals surface area contributed by atoms with Crippen molar-refractivity contribution in [3.8, 4) is 11.1 Å². The lowest BCUT2D eigenvalue weighted by Gasteiger charge is -2.19. The predicted octanol–water partition coefficient (Wildman–Crippen LogP) is 3.22. The molecule has 0 aliphatic heterocycles. The molecule has 0 unspecified atom stereocenters. The molecule has 1 aromatic heterocycles. The molecular weight excluding hydrogens is 362 g/mol. The number of aliphatic carboxylic acids is 1. The van der Waals surface area contributed by atoms with Gasteiger partial charge in [0, 0.05) is 18.8 Å². The summed E-state index contributed by atoms with van der Waals surface area (Å²) in [7, 11) is 1.84. The van der Waals surface area contributed by atoms with E-state index in [0.29, 0.717) is 4.90 Å². The maximum atomic E-state index is 12.7. The smallest absolute Gasteiger partial charge is 0.305 e. The molecule has 140 valence electrons. The fourth-order valence-electron chi connectivity index (χ4n) is 2.77. The van der Waals surface area contributed by atoms with Gasteiger partial charge >= 0.3 is 5.97 Å². The average Bonchev–Trinajstić information content (AvgIpc) is 3.08. The van der Waals surface area contributed by atoms with Crippen LogP contribution in [0.4, 0.5) is 0 Å². The third-order valence-electron chi connectivity index (χ3n) is 4.19. The second-order valence-electron chi connectivity index (χ2n) is 6.38. The summed E-state index contributed by atoms with van der Waals surface area (Å²) >= 11 is -1.52. The third kappa shape index (κ3) is 4.97. The van der Waals surface area contributed by atoms with E-state index in [9.17, 15) is 14.5 Å². The highest BCUT2D eigenvalue weighted by atomic mass is 32.2. The molecular formula is C20H21N3O3S. The molecule has 3 rings (SSSR count). The summed E-state index contributed by atoms with van der Waals surface area (Å²) in [6, 6.07) is 14.3. The summed E-state index contributed by atoms with van der Waals surface area (Å²) in [5.41, 5.74) is 3.70. The molecule has 0 saturated heterocycles. The van der Waals surface area contributed by atoms with Crippen LogP contribution >= 0.6 is 0 Å². The molecule has 2 atom stereocenters. The van der Waals surface area contributed by atoms with Gasteiger partial charge in [-0.15, -0.1) is 4.72 Å². The van der Waals surface area contributed by atoms with Crippen LogP contribution in [-0.2, 0) is 23.2 Å². The molecule has 0 amide bonds. The number of carboxylic acids is 1. The Hall–Kier alpha value is -2.61. The number of aryl methyl sites for hydroxylation is 2. The standard InChI is InChI=1S/C20H21N3O3S/c1-14-6-8-18(9-7-14)27(26)22-19(11-20(24)25)16-5-3-4-15(10-16)17-12-21-23(2)13-17/h3-10,12-13,19,22H,11H2,1-2H3,(H,24,25)/t19-,27+/m0/s1. The molecule has 0 bridgehead atoms. The summed E-state index contributed by atoms with van der Waals surface area (Å²) in [6.07, 6.45) is 3.47. The maximum Gasteiger partial charge on any atom is 0.305 e. The van der Waals surface area contributed by atoms with Crippen LogP contribution in [0.5, 0.6) is 0 Å². The second-order valence-corrected chi connectivity index (χ2v) is 7.62. The van der Waals surface area contributed by atoms with Crippen LogP contribution in [0.2, 0.25) is 0 Å². The Balaban J connectivity index is 1.86. The van der Waals surface area contributed by atoms with Crippen LogP contribution in [0.15, 0.2) is 65.8 Å². The number of nitrogens with one attached hydrogen (secondary N) is 1. The van der Waals surface area contributed by atoms with Gasteiger partial charge in [-0.05, 0) is 36.2 Å². The Bertz CT molecular complexity index is 924. The Morgan fingerprint density at radius 3 is 2.63 bits per heavy atom. The normalized spacial score (nSPS) is 13.3. The molecule has 3 aromatic rings. The zero-order valence-corrected chi connectivity index (χ0v) is 15.9. The first-order valence-corrected chi connectivity index (χ1v) is 9.63. The average molecular weight is 383 g/mol. The van der Waals surface area contributed by atoms with Crippen molar-refractivity contribution in [3.63, 3.8) is 0 Å². The van der Waals surface area contributed by atoms with Crippen LogP contribution in [0.1, 0.15) is 23.6 Å². The van der Waals surface area contributed by atoms with E-state index in [0.717, 1.165) is 22.3 Å². The molecule has 2 aromatic carbocycles. The summed E-state index contributed by atoms with van der Waals surface area (Å²) < 4.78 is 17.3. The van der Waals surface area contributed by atoms with Gasteiger partial charge in [-0.2, -0.15) is 5.10 Å². The van der Waals surface area contributed by atoms with Gasteiger partial charge < -0.3 is 9.66 Å². The second kappa shape index (κ2) is 8.39. The van der Waals surface area contributed by atoms with Crippen LogP contribution in [0.3, 0.4) is 0 Å². The van der Waals surface area contributed by atoms with E-state index >= 15 is 0 Å². The lowest BCUT2D eigenvalue weighted by Crippen LogP contribution is -2.30. The zero-order chi connectivity index (χ0) is 19.4. The predicted molar refractivity (Wildman–Crippen MR) is 104 cm³/mol. The Morgan fingerprint density at radius 1 is 1.26 bits per heavy atom. The number of hydrogen-bond donors (Lipinski definition) is 2. The molecule has 1 heterocycles. The van der Waals surface area contributed by atoms with Crippen LogP contribution < -0.4 is 4.72 Å². The fraction of sp³-hybridized carbons (Fsp3) is 0.200. The molecule has 0 aliphatic carbocycles. The van der Waals surface area contributed by atoms with Gasteiger partial charge in [-0.3, -0.25) is 9.48 Å². The van der Waals surface area contributed by atoms with E-state index in [1.54, 1.807) is 23.0 Å². The van der Waals surface area contributed by atoms with Gasteiger partial charge in [0.05, 0.1) is 30.0 Å². The van der Waals surface area contributed by atoms with Gasteiger partial charge in [0.25, 0.3) is 0 Å². The zero-order valence-electron chi connectivity index (χ0n) is 15.1. The van der Waals surface area contributed by atoms with E-state index in [2.05, 4.69) is 9.82 Å². The monoisotopic (exact) mass is 383 g/mol. The number of carboxylic acid groups (broad SMARTS) is 1. The summed E-state index contributed by atoms with van der Waals surface area (Å²) in [5.74, 6) is -0.958. The van der Waals surface area contributed by atoms with Crippen LogP contribution in [0.25, 0.3) is 11.1 Å². The number of nitrogens with zero attached hydrogens (tertiary/aromatic N) is 2. The van der Waals surface area contributed by atoms with Gasteiger partial charge in [-0.1, -0.05) is 35.9 Å². The van der Waals surface area contributed by atoms with Crippen molar-refractivity contribution in [2.45, 2.75) is 24.3 Å². The quantitative estimate of drug-likeness (QED) is 0.612. The fourth-order valence-corrected chi connectivity index (χ4v) is 3.76. The Kier molecular flexibility index (Phi) is 5.95. The van der Waals surface area contributed by atoms with Crippen LogP contribution in [-0.4, -0.2) is 25.4 Å². The van der Waals surface area contributed by atoms with Gasteiger partial charge in [-0.25, -0.2) is 0 Å². The lowest BCUT2D eigenvalue weighted by molar-refractivity contribution is -0.137. The highest BCUT2D eigenvalue weighted by Crippen LogP contribution is 2.26. The van der Waals surface area contributed by atoms with Gasteiger partial charge in [0.2, 0.25) is 0 Å². The number of aromatic nitrogens is 2.